The zero-order chi connectivity index (χ0) is 9.52. The predicted octanol–water partition coefficient (Wildman–Crippen LogP) is 2.27. The van der Waals surface area contributed by atoms with Crippen molar-refractivity contribution in [3.63, 3.8) is 0 Å². The largest absolute Gasteiger partial charge is 0.389 e. The van der Waals surface area contributed by atoms with E-state index in [-0.39, 0.29) is 6.10 Å². The van der Waals surface area contributed by atoms with E-state index in [4.69, 9.17) is 4.74 Å². The van der Waals surface area contributed by atoms with Crippen LogP contribution in [0.4, 0.5) is 0 Å². The molecule has 1 rings (SSSR count). The number of allylic oxidation sites excluding steroid dienone is 1. The zero-order valence-corrected chi connectivity index (χ0v) is 8.46. The van der Waals surface area contributed by atoms with Crippen molar-refractivity contribution in [2.75, 3.05) is 13.7 Å². The Kier molecular flexibility index (Phi) is 5.09. The van der Waals surface area contributed by atoms with Crippen molar-refractivity contribution in [1.29, 1.82) is 0 Å². The number of aliphatic hydroxyl groups is 1. The minimum atomic E-state index is -0.194. The Morgan fingerprint density at radius 3 is 3.15 bits per heavy atom. The monoisotopic (exact) mass is 184 g/mol. The van der Waals surface area contributed by atoms with Crippen molar-refractivity contribution >= 4 is 0 Å². The zero-order valence-electron chi connectivity index (χ0n) is 8.46. The van der Waals surface area contributed by atoms with Crippen molar-refractivity contribution in [1.82, 2.24) is 0 Å². The summed E-state index contributed by atoms with van der Waals surface area (Å²) in [5.41, 5.74) is 1.42. The molecule has 1 unspecified atom stereocenters. The summed E-state index contributed by atoms with van der Waals surface area (Å²) in [5.74, 6) is 0. The van der Waals surface area contributed by atoms with E-state index in [2.05, 4.69) is 0 Å². The number of hydrogen-bond donors (Lipinski definition) is 1. The molecule has 0 fully saturated rings. The van der Waals surface area contributed by atoms with Crippen molar-refractivity contribution < 1.29 is 9.84 Å². The maximum absolute atomic E-state index is 9.51. The molecular weight excluding hydrogens is 164 g/mol. The molecule has 0 aromatic carbocycles. The Morgan fingerprint density at radius 2 is 2.38 bits per heavy atom. The average molecular weight is 184 g/mol. The second kappa shape index (κ2) is 6.17. The minimum absolute atomic E-state index is 0.194. The molecule has 0 heterocycles. The molecular formula is C11H20O2. The van der Waals surface area contributed by atoms with Crippen LogP contribution in [0.25, 0.3) is 0 Å². The van der Waals surface area contributed by atoms with Crippen LogP contribution in [0.1, 0.15) is 38.5 Å². The standard InChI is InChI=1S/C11H20O2/c1-13-8-4-6-10-5-2-3-7-11(12)9-10/h9,11-12H,2-8H2,1H3. The van der Waals surface area contributed by atoms with Crippen LogP contribution in [0.3, 0.4) is 0 Å². The lowest BCUT2D eigenvalue weighted by molar-refractivity contribution is 0.194. The normalized spacial score (nSPS) is 23.8. The van der Waals surface area contributed by atoms with Crippen LogP contribution in [-0.2, 0) is 4.74 Å². The molecule has 0 saturated carbocycles. The molecule has 0 radical (unpaired) electrons. The molecule has 1 N–H and O–H groups in total. The lowest BCUT2D eigenvalue weighted by atomic mass is 10.1. The topological polar surface area (TPSA) is 29.5 Å². The first kappa shape index (κ1) is 10.7. The van der Waals surface area contributed by atoms with Gasteiger partial charge in [-0.1, -0.05) is 18.1 Å². The third kappa shape index (κ3) is 4.44. The number of rotatable bonds is 4. The van der Waals surface area contributed by atoms with E-state index in [0.717, 1.165) is 32.3 Å². The minimum Gasteiger partial charge on any atom is -0.389 e. The van der Waals surface area contributed by atoms with Gasteiger partial charge in [-0.25, -0.2) is 0 Å². The molecule has 1 atom stereocenters. The molecule has 0 aromatic rings. The van der Waals surface area contributed by atoms with E-state index in [1.807, 2.05) is 6.08 Å². The fourth-order valence-corrected chi connectivity index (χ4v) is 1.80. The highest BCUT2D eigenvalue weighted by Crippen LogP contribution is 2.20. The van der Waals surface area contributed by atoms with Gasteiger partial charge in [-0.05, 0) is 32.1 Å². The van der Waals surface area contributed by atoms with E-state index in [0.29, 0.717) is 0 Å². The highest BCUT2D eigenvalue weighted by molar-refractivity contribution is 5.06. The van der Waals surface area contributed by atoms with Crippen LogP contribution in [0, 0.1) is 0 Å². The number of aliphatic hydroxyl groups excluding tert-OH is 1. The quantitative estimate of drug-likeness (QED) is 0.536. The van der Waals surface area contributed by atoms with E-state index < -0.39 is 0 Å². The van der Waals surface area contributed by atoms with Gasteiger partial charge in [-0.15, -0.1) is 0 Å². The van der Waals surface area contributed by atoms with Gasteiger partial charge in [-0.2, -0.15) is 0 Å². The van der Waals surface area contributed by atoms with Crippen molar-refractivity contribution in [3.05, 3.63) is 11.6 Å². The molecule has 2 nitrogen and oxygen atoms in total. The van der Waals surface area contributed by atoms with Crippen molar-refractivity contribution in [2.24, 2.45) is 0 Å². The van der Waals surface area contributed by atoms with Crippen LogP contribution in [0.15, 0.2) is 11.6 Å². The van der Waals surface area contributed by atoms with Crippen LogP contribution in [-0.4, -0.2) is 24.9 Å². The third-order valence-electron chi connectivity index (χ3n) is 2.52. The summed E-state index contributed by atoms with van der Waals surface area (Å²) in [5, 5.41) is 9.51. The van der Waals surface area contributed by atoms with Crippen LogP contribution >= 0.6 is 0 Å². The summed E-state index contributed by atoms with van der Waals surface area (Å²) in [6.07, 6.45) is 8.51. The molecule has 76 valence electrons. The highest BCUT2D eigenvalue weighted by atomic mass is 16.5. The van der Waals surface area contributed by atoms with E-state index in [1.54, 1.807) is 7.11 Å². The molecule has 0 aromatic heterocycles. The summed E-state index contributed by atoms with van der Waals surface area (Å²) < 4.78 is 5.00. The Balaban J connectivity index is 2.28. The Hall–Kier alpha value is -0.340. The number of methoxy groups -OCH3 is 1. The molecule has 13 heavy (non-hydrogen) atoms. The lowest BCUT2D eigenvalue weighted by Crippen LogP contribution is -2.00. The highest BCUT2D eigenvalue weighted by Gasteiger charge is 2.08. The van der Waals surface area contributed by atoms with E-state index in [1.165, 1.54) is 18.4 Å². The third-order valence-corrected chi connectivity index (χ3v) is 2.52. The molecule has 2 heteroatoms. The van der Waals surface area contributed by atoms with Gasteiger partial charge in [-0.3, -0.25) is 0 Å². The first-order valence-electron chi connectivity index (χ1n) is 5.19. The second-order valence-electron chi connectivity index (χ2n) is 3.73. The SMILES string of the molecule is COCCCC1=CC(O)CCCC1. The number of ether oxygens (including phenoxy) is 1. The predicted molar refractivity (Wildman–Crippen MR) is 53.7 cm³/mol. The van der Waals surface area contributed by atoms with Gasteiger partial charge in [0, 0.05) is 13.7 Å². The van der Waals surface area contributed by atoms with Gasteiger partial charge < -0.3 is 9.84 Å². The molecule has 1 aliphatic carbocycles. The van der Waals surface area contributed by atoms with Gasteiger partial charge in [0.1, 0.15) is 0 Å². The lowest BCUT2D eigenvalue weighted by Gasteiger charge is -2.05. The number of hydrogen-bond acceptors (Lipinski definition) is 2. The van der Waals surface area contributed by atoms with Gasteiger partial charge >= 0.3 is 0 Å². The van der Waals surface area contributed by atoms with Crippen molar-refractivity contribution in [2.45, 2.75) is 44.6 Å². The first-order valence-corrected chi connectivity index (χ1v) is 5.19. The summed E-state index contributed by atoms with van der Waals surface area (Å²) in [4.78, 5) is 0. The summed E-state index contributed by atoms with van der Waals surface area (Å²) in [6, 6.07) is 0. The molecule has 1 aliphatic rings. The molecule has 0 bridgehead atoms. The smallest absolute Gasteiger partial charge is 0.0723 e. The fourth-order valence-electron chi connectivity index (χ4n) is 1.80. The van der Waals surface area contributed by atoms with Gasteiger partial charge in [0.2, 0.25) is 0 Å². The van der Waals surface area contributed by atoms with Gasteiger partial charge in [0.25, 0.3) is 0 Å². The maximum atomic E-state index is 9.51. The Bertz CT molecular complexity index is 163. The molecule has 0 spiro atoms. The fraction of sp³-hybridized carbons (Fsp3) is 0.818. The Labute approximate surface area is 80.6 Å². The van der Waals surface area contributed by atoms with Crippen LogP contribution in [0.2, 0.25) is 0 Å². The Morgan fingerprint density at radius 1 is 1.54 bits per heavy atom. The van der Waals surface area contributed by atoms with Gasteiger partial charge in [0.05, 0.1) is 6.10 Å². The second-order valence-corrected chi connectivity index (χ2v) is 3.73. The maximum Gasteiger partial charge on any atom is 0.0723 e. The van der Waals surface area contributed by atoms with Crippen LogP contribution in [0.5, 0.6) is 0 Å². The molecule has 0 aliphatic heterocycles. The van der Waals surface area contributed by atoms with E-state index >= 15 is 0 Å². The van der Waals surface area contributed by atoms with Crippen LogP contribution < -0.4 is 0 Å². The first-order chi connectivity index (χ1) is 6.33. The summed E-state index contributed by atoms with van der Waals surface area (Å²) in [7, 11) is 1.73. The van der Waals surface area contributed by atoms with Crippen molar-refractivity contribution in [3.8, 4) is 0 Å². The molecule has 0 saturated heterocycles. The van der Waals surface area contributed by atoms with Gasteiger partial charge in [0.15, 0.2) is 0 Å². The van der Waals surface area contributed by atoms with E-state index in [9.17, 15) is 5.11 Å². The summed E-state index contributed by atoms with van der Waals surface area (Å²) in [6.45, 7) is 0.827. The molecule has 0 amide bonds. The average Bonchev–Trinajstić information content (AvgIpc) is 2.31. The summed E-state index contributed by atoms with van der Waals surface area (Å²) >= 11 is 0.